The molecule has 2 aromatic rings. The molecule has 0 aliphatic carbocycles. The molecule has 8 heteroatoms. The monoisotopic (exact) mass is 386 g/mol. The second kappa shape index (κ2) is 8.28. The highest BCUT2D eigenvalue weighted by molar-refractivity contribution is 5.74. The van der Waals surface area contributed by atoms with Crippen molar-refractivity contribution in [2.75, 3.05) is 0 Å². The Labute approximate surface area is 161 Å². The summed E-state index contributed by atoms with van der Waals surface area (Å²) in [4.78, 5) is 23.3. The fourth-order valence-corrected chi connectivity index (χ4v) is 3.25. The van der Waals surface area contributed by atoms with Gasteiger partial charge in [-0.25, -0.2) is 0 Å². The van der Waals surface area contributed by atoms with E-state index in [4.69, 9.17) is 0 Å². The zero-order chi connectivity index (χ0) is 20.3. The molecule has 2 unspecified atom stereocenters. The summed E-state index contributed by atoms with van der Waals surface area (Å²) in [7, 11) is 0. The number of nitrogens with one attached hydrogen (secondary N) is 2. The van der Waals surface area contributed by atoms with E-state index in [1.165, 1.54) is 12.1 Å². The van der Waals surface area contributed by atoms with Gasteiger partial charge in [-0.05, 0) is 36.1 Å². The van der Waals surface area contributed by atoms with Crippen LogP contribution in [0.3, 0.4) is 0 Å². The number of benzene rings is 2. The van der Waals surface area contributed by atoms with Crippen LogP contribution in [0.2, 0.25) is 0 Å². The van der Waals surface area contributed by atoms with Crippen LogP contribution in [0.4, 0.5) is 0 Å². The van der Waals surface area contributed by atoms with Gasteiger partial charge in [0.05, 0.1) is 0 Å². The van der Waals surface area contributed by atoms with Crippen molar-refractivity contribution in [1.29, 1.82) is 0 Å². The molecule has 3 rings (SSSR count). The Bertz CT molecular complexity index is 825. The summed E-state index contributed by atoms with van der Waals surface area (Å²) in [6.07, 6.45) is 0.344. The molecule has 0 saturated heterocycles. The van der Waals surface area contributed by atoms with Gasteiger partial charge < -0.3 is 20.4 Å². The zero-order valence-corrected chi connectivity index (χ0v) is 15.1. The fourth-order valence-electron chi connectivity index (χ4n) is 3.25. The van der Waals surface area contributed by atoms with Crippen molar-refractivity contribution in [3.63, 3.8) is 0 Å². The van der Waals surface area contributed by atoms with Gasteiger partial charge in [0.25, 0.3) is 0 Å². The smallest absolute Gasteiger partial charge is 0.321 e. The number of rotatable bonds is 2. The van der Waals surface area contributed by atoms with E-state index in [0.717, 1.165) is 0 Å². The third-order valence-electron chi connectivity index (χ3n) is 4.84. The number of carboxylic acid groups (broad SMARTS) is 2. The Morgan fingerprint density at radius 1 is 0.750 bits per heavy atom. The minimum atomic E-state index is -1.03. The van der Waals surface area contributed by atoms with Crippen molar-refractivity contribution in [2.24, 2.45) is 0 Å². The lowest BCUT2D eigenvalue weighted by molar-refractivity contribution is -0.140. The molecule has 0 aromatic heterocycles. The maximum absolute atomic E-state index is 11.6. The Morgan fingerprint density at radius 2 is 1.14 bits per heavy atom. The van der Waals surface area contributed by atoms with Gasteiger partial charge in [-0.3, -0.25) is 20.2 Å². The lowest BCUT2D eigenvalue weighted by Crippen LogP contribution is -2.39. The summed E-state index contributed by atoms with van der Waals surface area (Å²) < 4.78 is 0. The largest absolute Gasteiger partial charge is 0.508 e. The third kappa shape index (κ3) is 4.59. The molecule has 148 valence electrons. The van der Waals surface area contributed by atoms with E-state index in [0.29, 0.717) is 22.3 Å². The van der Waals surface area contributed by atoms with Gasteiger partial charge in [-0.2, -0.15) is 0 Å². The van der Waals surface area contributed by atoms with E-state index in [9.17, 15) is 30.0 Å². The maximum atomic E-state index is 11.6. The van der Waals surface area contributed by atoms with E-state index in [2.05, 4.69) is 10.6 Å². The van der Waals surface area contributed by atoms with Crippen LogP contribution in [0.5, 0.6) is 11.5 Å². The van der Waals surface area contributed by atoms with Gasteiger partial charge in [0.2, 0.25) is 0 Å². The maximum Gasteiger partial charge on any atom is 0.321 e. The average Bonchev–Trinajstić information content (AvgIpc) is 2.65. The standard InChI is InChI=1S/C20H22N2O6/c23-17-3-1-11-5-13(17)9-22-16(20(27)28)8-12-2-4-18(24)14(6-12)10-21-15(7-11)19(25)26/h1-6,15-16,21-24H,7-10H2,(H,25,26)(H,27,28). The van der Waals surface area contributed by atoms with Crippen LogP contribution in [0.15, 0.2) is 36.4 Å². The molecule has 0 amide bonds. The van der Waals surface area contributed by atoms with Crippen LogP contribution < -0.4 is 10.6 Å². The van der Waals surface area contributed by atoms with Crippen molar-refractivity contribution in [3.05, 3.63) is 58.7 Å². The minimum Gasteiger partial charge on any atom is -0.508 e. The second-order valence-electron chi connectivity index (χ2n) is 6.88. The number of phenolic OH excluding ortho intramolecular Hbond substituents is 2. The summed E-state index contributed by atoms with van der Waals surface area (Å²) >= 11 is 0. The third-order valence-corrected chi connectivity index (χ3v) is 4.84. The van der Waals surface area contributed by atoms with Crippen molar-refractivity contribution in [3.8, 4) is 11.5 Å². The molecule has 4 bridgehead atoms. The SMILES string of the molecule is O=C(O)C1Cc2ccc(O)c(c2)CNC(C(=O)O)Cc2ccc(O)c(c2)CN1. The quantitative estimate of drug-likeness (QED) is 0.449. The molecule has 28 heavy (non-hydrogen) atoms. The van der Waals surface area contributed by atoms with Crippen LogP contribution >= 0.6 is 0 Å². The van der Waals surface area contributed by atoms with Gasteiger partial charge in [-0.15, -0.1) is 0 Å². The Kier molecular flexibility index (Phi) is 5.81. The minimum absolute atomic E-state index is 0.0132. The molecule has 8 nitrogen and oxygen atoms in total. The first-order valence-electron chi connectivity index (χ1n) is 8.87. The lowest BCUT2D eigenvalue weighted by Gasteiger charge is -2.20. The Hall–Kier alpha value is -3.10. The number of phenols is 2. The van der Waals surface area contributed by atoms with Crippen LogP contribution in [0, 0.1) is 0 Å². The van der Waals surface area contributed by atoms with E-state index in [1.54, 1.807) is 24.3 Å². The van der Waals surface area contributed by atoms with Crippen LogP contribution in [0.1, 0.15) is 22.3 Å². The molecule has 0 fully saturated rings. The molecule has 1 aliphatic heterocycles. The predicted octanol–water partition coefficient (Wildman–Crippen LogP) is 0.982. The first kappa shape index (κ1) is 19.7. The molecular formula is C20H22N2O6. The molecule has 2 aromatic carbocycles. The fraction of sp³-hybridized carbons (Fsp3) is 0.300. The van der Waals surface area contributed by atoms with Crippen molar-refractivity contribution < 1.29 is 30.0 Å². The van der Waals surface area contributed by atoms with Crippen LogP contribution in [0.25, 0.3) is 0 Å². The molecule has 6 N–H and O–H groups in total. The number of carboxylic acids is 2. The van der Waals surface area contributed by atoms with Gasteiger partial charge in [0.15, 0.2) is 0 Å². The highest BCUT2D eigenvalue weighted by Crippen LogP contribution is 2.23. The topological polar surface area (TPSA) is 139 Å². The van der Waals surface area contributed by atoms with Crippen molar-refractivity contribution >= 4 is 11.9 Å². The Balaban J connectivity index is 1.98. The summed E-state index contributed by atoms with van der Waals surface area (Å²) in [5.41, 5.74) is 2.38. The highest BCUT2D eigenvalue weighted by atomic mass is 16.4. The lowest BCUT2D eigenvalue weighted by atomic mass is 9.99. The van der Waals surface area contributed by atoms with Gasteiger partial charge >= 0.3 is 11.9 Å². The summed E-state index contributed by atoms with van der Waals surface area (Å²) in [6, 6.07) is 7.78. The first-order chi connectivity index (χ1) is 13.3. The van der Waals surface area contributed by atoms with Crippen LogP contribution in [-0.2, 0) is 35.5 Å². The molecule has 0 spiro atoms. The number of carbonyl (C=O) groups is 2. The normalized spacial score (nSPS) is 20.1. The number of hydrogen-bond acceptors (Lipinski definition) is 6. The van der Waals surface area contributed by atoms with Gasteiger partial charge in [0.1, 0.15) is 23.6 Å². The molecule has 0 radical (unpaired) electrons. The van der Waals surface area contributed by atoms with E-state index in [1.807, 2.05) is 0 Å². The van der Waals surface area contributed by atoms with Crippen LogP contribution in [-0.4, -0.2) is 44.4 Å². The second-order valence-corrected chi connectivity index (χ2v) is 6.88. The molecular weight excluding hydrogens is 364 g/mol. The Morgan fingerprint density at radius 3 is 1.50 bits per heavy atom. The number of hydrogen-bond donors (Lipinski definition) is 6. The summed E-state index contributed by atoms with van der Waals surface area (Å²) in [6.45, 7) is 0.236. The molecule has 2 atom stereocenters. The highest BCUT2D eigenvalue weighted by Gasteiger charge is 2.22. The zero-order valence-electron chi connectivity index (χ0n) is 15.1. The van der Waals surface area contributed by atoms with Crippen molar-refractivity contribution in [2.45, 2.75) is 38.0 Å². The summed E-state index contributed by atoms with van der Waals surface area (Å²) in [5.74, 6) is -2.03. The van der Waals surface area contributed by atoms with E-state index < -0.39 is 24.0 Å². The molecule has 1 aliphatic rings. The summed E-state index contributed by atoms with van der Waals surface area (Å²) in [5, 5.41) is 45.0. The predicted molar refractivity (Wildman–Crippen MR) is 100 cm³/mol. The van der Waals surface area contributed by atoms with Crippen molar-refractivity contribution in [1.82, 2.24) is 10.6 Å². The number of fused-ring (bicyclic) bond motifs is 4. The van der Waals surface area contributed by atoms with E-state index >= 15 is 0 Å². The number of aliphatic carboxylic acids is 2. The average molecular weight is 386 g/mol. The molecule has 1 heterocycles. The first-order valence-corrected chi connectivity index (χ1v) is 8.87. The van der Waals surface area contributed by atoms with Gasteiger partial charge in [-0.1, -0.05) is 24.3 Å². The molecule has 0 saturated carbocycles. The van der Waals surface area contributed by atoms with Gasteiger partial charge in [0, 0.05) is 24.2 Å². The van der Waals surface area contributed by atoms with E-state index in [-0.39, 0.29) is 37.4 Å². The number of aromatic hydroxyl groups is 2.